The van der Waals surface area contributed by atoms with Gasteiger partial charge in [0, 0.05) is 23.7 Å². The van der Waals surface area contributed by atoms with Crippen LogP contribution in [0.2, 0.25) is 10.0 Å². The number of carboxylic acid groups (broad SMARTS) is 1. The Bertz CT molecular complexity index is 555. The molecule has 1 aromatic carbocycles. The summed E-state index contributed by atoms with van der Waals surface area (Å²) in [6.07, 6.45) is 6.80. The first-order valence-electron chi connectivity index (χ1n) is 8.90. The van der Waals surface area contributed by atoms with E-state index in [-0.39, 0.29) is 0 Å². The molecule has 27 heavy (non-hydrogen) atoms. The van der Waals surface area contributed by atoms with E-state index in [1.165, 1.54) is 25.3 Å². The zero-order valence-corrected chi connectivity index (χ0v) is 17.0. The van der Waals surface area contributed by atoms with Crippen molar-refractivity contribution in [2.75, 3.05) is 19.6 Å². The molecule has 9 heteroatoms. The molecule has 1 heterocycles. The highest BCUT2D eigenvalue weighted by Gasteiger charge is 2.09. The van der Waals surface area contributed by atoms with Crippen molar-refractivity contribution >= 4 is 35.5 Å². The van der Waals surface area contributed by atoms with Crippen LogP contribution in [0.1, 0.15) is 48.9 Å². The van der Waals surface area contributed by atoms with E-state index < -0.39 is 12.0 Å². The van der Waals surface area contributed by atoms with Gasteiger partial charge in [0.05, 0.1) is 5.02 Å². The molecule has 1 saturated heterocycles. The maximum Gasteiger partial charge on any atom is 0.320 e. The second kappa shape index (κ2) is 15.8. The zero-order valence-electron chi connectivity index (χ0n) is 15.4. The van der Waals surface area contributed by atoms with E-state index >= 15 is 0 Å². The van der Waals surface area contributed by atoms with Crippen LogP contribution in [-0.4, -0.2) is 48.0 Å². The Morgan fingerprint density at radius 1 is 1.22 bits per heavy atom. The monoisotopic (exact) mass is 420 g/mol. The van der Waals surface area contributed by atoms with Gasteiger partial charge in [-0.25, -0.2) is 5.01 Å². The summed E-state index contributed by atoms with van der Waals surface area (Å²) in [5.41, 5.74) is 10.9. The number of nitrogens with two attached hydrogens (primary N) is 3. The fourth-order valence-corrected chi connectivity index (χ4v) is 2.60. The second-order valence-electron chi connectivity index (χ2n) is 6.11. The Morgan fingerprint density at radius 3 is 2.26 bits per heavy atom. The largest absolute Gasteiger partial charge is 0.480 e. The Hall–Kier alpha value is -1.22. The highest BCUT2D eigenvalue weighted by Crippen LogP contribution is 2.18. The summed E-state index contributed by atoms with van der Waals surface area (Å²) in [6, 6.07) is 4.02. The highest BCUT2D eigenvalue weighted by molar-refractivity contribution is 6.36. The van der Waals surface area contributed by atoms with Gasteiger partial charge in [-0.15, -0.1) is 0 Å². The number of hydrogen-bond donors (Lipinski definition) is 4. The topological polar surface area (TPSA) is 136 Å². The Kier molecular flexibility index (Phi) is 15.1. The molecule has 0 aromatic heterocycles. The summed E-state index contributed by atoms with van der Waals surface area (Å²) >= 11 is 11.2. The molecule has 0 bridgehead atoms. The number of carbonyl (C=O) groups excluding carboxylic acids is 1. The second-order valence-corrected chi connectivity index (χ2v) is 6.95. The summed E-state index contributed by atoms with van der Waals surface area (Å²) in [4.78, 5) is 20.3. The maximum absolute atomic E-state index is 10.2. The summed E-state index contributed by atoms with van der Waals surface area (Å²) in [5.74, 6) is 4.53. The van der Waals surface area contributed by atoms with Crippen molar-refractivity contribution in [1.82, 2.24) is 5.01 Å². The molecule has 0 saturated carbocycles. The highest BCUT2D eigenvalue weighted by atomic mass is 35.5. The standard InChI is InChI=1S/C7H4Cl2O.C6H14N2O2.C5H12N2/c8-6-2-1-5(4-10)7(9)3-6;7-4-2-1-3-5(8)6(9)10;6-7-4-2-1-3-5-7/h1-4H;5H,1-4,7-8H2,(H,9,10);1-6H2/t;5-;/m.0./s1. The Morgan fingerprint density at radius 2 is 1.85 bits per heavy atom. The SMILES string of the molecule is NCCCC[C@H](N)C(=O)O.NN1CCCCC1.O=Cc1ccc(Cl)cc1Cl. The van der Waals surface area contributed by atoms with Crippen molar-refractivity contribution in [3.05, 3.63) is 33.8 Å². The molecule has 0 amide bonds. The third-order valence-electron chi connectivity index (χ3n) is 3.77. The van der Waals surface area contributed by atoms with Crippen molar-refractivity contribution < 1.29 is 14.7 Å². The van der Waals surface area contributed by atoms with E-state index in [4.69, 9.17) is 45.6 Å². The van der Waals surface area contributed by atoms with Crippen molar-refractivity contribution in [1.29, 1.82) is 0 Å². The van der Waals surface area contributed by atoms with E-state index in [0.717, 1.165) is 25.9 Å². The summed E-state index contributed by atoms with van der Waals surface area (Å²) in [5, 5.41) is 11.1. The molecule has 1 aromatic rings. The number of aldehydes is 1. The molecule has 1 aliphatic rings. The van der Waals surface area contributed by atoms with Crippen LogP contribution in [0.15, 0.2) is 18.2 Å². The number of benzene rings is 1. The van der Waals surface area contributed by atoms with Gasteiger partial charge in [-0.2, -0.15) is 0 Å². The lowest BCUT2D eigenvalue weighted by atomic mass is 10.1. The summed E-state index contributed by atoms with van der Waals surface area (Å²) < 4.78 is 0. The third-order valence-corrected chi connectivity index (χ3v) is 4.33. The number of unbranched alkanes of at least 4 members (excludes halogenated alkanes) is 1. The lowest BCUT2D eigenvalue weighted by Crippen LogP contribution is -2.35. The van der Waals surface area contributed by atoms with Crippen molar-refractivity contribution in [2.45, 2.75) is 44.6 Å². The van der Waals surface area contributed by atoms with Gasteiger partial charge < -0.3 is 16.6 Å². The molecule has 2 rings (SSSR count). The number of carboxylic acids is 1. The summed E-state index contributed by atoms with van der Waals surface area (Å²) in [7, 11) is 0. The van der Waals surface area contributed by atoms with Gasteiger partial charge in [0.15, 0.2) is 6.29 Å². The quantitative estimate of drug-likeness (QED) is 0.315. The minimum Gasteiger partial charge on any atom is -0.480 e. The Balaban J connectivity index is 0.000000382. The fourth-order valence-electron chi connectivity index (χ4n) is 2.15. The minimum absolute atomic E-state index is 0.391. The number of nitrogens with zero attached hydrogens (tertiary/aromatic N) is 1. The predicted octanol–water partition coefficient (Wildman–Crippen LogP) is 2.68. The molecule has 0 radical (unpaired) electrons. The molecule has 0 spiro atoms. The third kappa shape index (κ3) is 13.6. The minimum atomic E-state index is -0.933. The average molecular weight is 421 g/mol. The smallest absolute Gasteiger partial charge is 0.320 e. The van der Waals surface area contributed by atoms with E-state index in [1.54, 1.807) is 12.1 Å². The van der Waals surface area contributed by atoms with Crippen molar-refractivity contribution in [2.24, 2.45) is 17.3 Å². The van der Waals surface area contributed by atoms with E-state index in [9.17, 15) is 9.59 Å². The van der Waals surface area contributed by atoms with Crippen LogP contribution in [0.5, 0.6) is 0 Å². The lowest BCUT2D eigenvalue weighted by Gasteiger charge is -2.20. The van der Waals surface area contributed by atoms with Crippen molar-refractivity contribution in [3.63, 3.8) is 0 Å². The first-order valence-corrected chi connectivity index (χ1v) is 9.65. The van der Waals surface area contributed by atoms with Gasteiger partial charge >= 0.3 is 5.97 Å². The molecule has 1 atom stereocenters. The molecule has 1 aliphatic heterocycles. The normalized spacial score (nSPS) is 14.9. The number of hydrogen-bond acceptors (Lipinski definition) is 6. The van der Waals surface area contributed by atoms with E-state index in [1.807, 2.05) is 5.01 Å². The predicted molar refractivity (Wildman–Crippen MR) is 110 cm³/mol. The van der Waals surface area contributed by atoms with E-state index in [2.05, 4.69) is 0 Å². The van der Waals surface area contributed by atoms with Gasteiger partial charge in [0.25, 0.3) is 0 Å². The molecule has 154 valence electrons. The number of halogens is 2. The summed E-state index contributed by atoms with van der Waals surface area (Å²) in [6.45, 7) is 2.80. The van der Waals surface area contributed by atoms with Crippen LogP contribution in [0.3, 0.4) is 0 Å². The molecule has 1 fully saturated rings. The van der Waals surface area contributed by atoms with Gasteiger partial charge in [0.2, 0.25) is 0 Å². The number of aliphatic carboxylic acids is 1. The van der Waals surface area contributed by atoms with Gasteiger partial charge in [0.1, 0.15) is 6.04 Å². The fraction of sp³-hybridized carbons (Fsp3) is 0.556. The van der Waals surface area contributed by atoms with Crippen LogP contribution < -0.4 is 17.3 Å². The maximum atomic E-state index is 10.2. The molecule has 7 N–H and O–H groups in total. The van der Waals surface area contributed by atoms with E-state index in [0.29, 0.717) is 34.9 Å². The molecule has 0 unspecified atom stereocenters. The lowest BCUT2D eigenvalue weighted by molar-refractivity contribution is -0.138. The average Bonchev–Trinajstić information content (AvgIpc) is 2.63. The molecule has 0 aliphatic carbocycles. The van der Waals surface area contributed by atoms with Crippen molar-refractivity contribution in [3.8, 4) is 0 Å². The molecular formula is C18H30Cl2N4O3. The van der Waals surface area contributed by atoms with Gasteiger partial charge in [-0.1, -0.05) is 36.0 Å². The van der Waals surface area contributed by atoms with Gasteiger partial charge in [-0.05, 0) is 50.4 Å². The van der Waals surface area contributed by atoms with Crippen LogP contribution in [0.4, 0.5) is 0 Å². The van der Waals surface area contributed by atoms with Crippen LogP contribution in [-0.2, 0) is 4.79 Å². The first kappa shape index (κ1) is 25.8. The van der Waals surface area contributed by atoms with Gasteiger partial charge in [-0.3, -0.25) is 15.4 Å². The number of rotatable bonds is 6. The first-order chi connectivity index (χ1) is 12.8. The van der Waals surface area contributed by atoms with Crippen LogP contribution >= 0.6 is 23.2 Å². The number of carbonyl (C=O) groups is 2. The number of piperidine rings is 1. The molecule has 7 nitrogen and oxygen atoms in total. The van der Waals surface area contributed by atoms with Crippen LogP contribution in [0.25, 0.3) is 0 Å². The molecular weight excluding hydrogens is 391 g/mol. The number of hydrazine groups is 1. The Labute approximate surface area is 170 Å². The van der Waals surface area contributed by atoms with Crippen LogP contribution in [0, 0.1) is 0 Å². The zero-order chi connectivity index (χ0) is 20.7.